The molecule has 2 amide bonds. The van der Waals surface area contributed by atoms with Gasteiger partial charge < -0.3 is 25.2 Å². The lowest BCUT2D eigenvalue weighted by molar-refractivity contribution is -0.142. The number of amides is 2. The van der Waals surface area contributed by atoms with Gasteiger partial charge in [0.1, 0.15) is 12.1 Å². The zero-order chi connectivity index (χ0) is 25.0. The summed E-state index contributed by atoms with van der Waals surface area (Å²) in [6.45, 7) is 1.55. The topological polar surface area (TPSA) is 114 Å². The summed E-state index contributed by atoms with van der Waals surface area (Å²) in [5.41, 5.74) is 3.02. The molecule has 2 atom stereocenters. The van der Waals surface area contributed by atoms with Gasteiger partial charge in [0.15, 0.2) is 0 Å². The van der Waals surface area contributed by atoms with Crippen molar-refractivity contribution in [2.45, 2.75) is 37.6 Å². The molecule has 186 valence electrons. The van der Waals surface area contributed by atoms with E-state index in [9.17, 15) is 19.5 Å². The molecule has 4 rings (SSSR count). The Bertz CT molecular complexity index is 1050. The highest BCUT2D eigenvalue weighted by Crippen LogP contribution is 2.44. The quantitative estimate of drug-likeness (QED) is 0.453. The van der Waals surface area contributed by atoms with Crippen molar-refractivity contribution in [2.24, 2.45) is 11.8 Å². The molecule has 1 saturated carbocycles. The first-order valence-corrected chi connectivity index (χ1v) is 12.0. The van der Waals surface area contributed by atoms with Crippen molar-refractivity contribution in [3.05, 3.63) is 59.7 Å². The Labute approximate surface area is 205 Å². The van der Waals surface area contributed by atoms with E-state index < -0.39 is 29.4 Å². The summed E-state index contributed by atoms with van der Waals surface area (Å²) in [5.74, 6) is -1.80. The van der Waals surface area contributed by atoms with Gasteiger partial charge in [-0.3, -0.25) is 9.59 Å². The van der Waals surface area contributed by atoms with Gasteiger partial charge in [0.2, 0.25) is 5.91 Å². The van der Waals surface area contributed by atoms with Gasteiger partial charge in [0.05, 0.1) is 12.5 Å². The van der Waals surface area contributed by atoms with Crippen LogP contribution in [0, 0.1) is 11.8 Å². The molecule has 8 nitrogen and oxygen atoms in total. The molecule has 2 aliphatic rings. The molecule has 35 heavy (non-hydrogen) atoms. The van der Waals surface area contributed by atoms with Crippen molar-refractivity contribution in [1.29, 1.82) is 0 Å². The van der Waals surface area contributed by atoms with Crippen molar-refractivity contribution >= 4 is 18.0 Å². The molecule has 1 fully saturated rings. The fourth-order valence-corrected chi connectivity index (χ4v) is 4.75. The summed E-state index contributed by atoms with van der Waals surface area (Å²) < 4.78 is 10.8. The predicted molar refractivity (Wildman–Crippen MR) is 130 cm³/mol. The molecule has 2 aromatic rings. The molecule has 2 unspecified atom stereocenters. The van der Waals surface area contributed by atoms with Crippen LogP contribution in [0.5, 0.6) is 0 Å². The minimum atomic E-state index is -1.42. The van der Waals surface area contributed by atoms with Gasteiger partial charge in [-0.2, -0.15) is 0 Å². The minimum Gasteiger partial charge on any atom is -0.481 e. The third-order valence-electron chi connectivity index (χ3n) is 6.83. The number of hydrogen-bond donors (Lipinski definition) is 3. The molecule has 3 N–H and O–H groups in total. The first-order valence-electron chi connectivity index (χ1n) is 12.0. The van der Waals surface area contributed by atoms with Gasteiger partial charge >= 0.3 is 12.1 Å². The molecule has 0 saturated heterocycles. The Balaban J connectivity index is 1.38. The maximum atomic E-state index is 13.0. The number of carboxylic acids is 1. The van der Waals surface area contributed by atoms with E-state index in [0.29, 0.717) is 12.3 Å². The number of carbonyl (C=O) groups is 3. The minimum absolute atomic E-state index is 0.00363. The average Bonchev–Trinajstić information content (AvgIpc) is 3.60. The average molecular weight is 481 g/mol. The summed E-state index contributed by atoms with van der Waals surface area (Å²) in [6, 6.07) is 16.1. The van der Waals surface area contributed by atoms with Crippen LogP contribution in [-0.2, 0) is 19.1 Å². The number of carboxylic acid groups (broad SMARTS) is 1. The van der Waals surface area contributed by atoms with Crippen LogP contribution < -0.4 is 10.6 Å². The maximum Gasteiger partial charge on any atom is 0.408 e. The largest absolute Gasteiger partial charge is 0.481 e. The summed E-state index contributed by atoms with van der Waals surface area (Å²) in [5, 5.41) is 14.8. The monoisotopic (exact) mass is 480 g/mol. The number of benzene rings is 2. The van der Waals surface area contributed by atoms with Crippen LogP contribution >= 0.6 is 0 Å². The number of nitrogens with one attached hydrogen (secondary N) is 2. The molecule has 2 aromatic carbocycles. The Morgan fingerprint density at radius 1 is 1.06 bits per heavy atom. The van der Waals surface area contributed by atoms with Crippen molar-refractivity contribution in [3.63, 3.8) is 0 Å². The molecule has 0 aliphatic heterocycles. The summed E-state index contributed by atoms with van der Waals surface area (Å²) in [6.07, 6.45) is 1.86. The predicted octanol–water partition coefficient (Wildman–Crippen LogP) is 3.55. The molecule has 0 bridgehead atoms. The van der Waals surface area contributed by atoms with Gasteiger partial charge in [0.25, 0.3) is 0 Å². The second kappa shape index (κ2) is 10.5. The highest BCUT2D eigenvalue weighted by atomic mass is 16.5. The van der Waals surface area contributed by atoms with E-state index in [-0.39, 0.29) is 25.7 Å². The number of alkyl carbamates (subject to hydrolysis) is 1. The van der Waals surface area contributed by atoms with Crippen molar-refractivity contribution in [3.8, 4) is 11.1 Å². The number of aliphatic carboxylic acids is 1. The fraction of sp³-hybridized carbons (Fsp3) is 0.444. The van der Waals surface area contributed by atoms with Crippen LogP contribution in [0.1, 0.15) is 43.2 Å². The molecule has 0 heterocycles. The van der Waals surface area contributed by atoms with E-state index in [2.05, 4.69) is 22.8 Å². The van der Waals surface area contributed by atoms with Crippen molar-refractivity contribution < 1.29 is 29.0 Å². The normalized spacial score (nSPS) is 17.0. The van der Waals surface area contributed by atoms with E-state index >= 15 is 0 Å². The standard InChI is InChI=1S/C27H32N2O6/c1-27(16-34-2,25(32)28-14-18(24(30)31)13-17-11-12-17)29-26(33)35-15-23-21-9-5-3-7-19(21)20-8-4-6-10-22(20)23/h3-10,17-18,23H,11-16H2,1-2H3,(H,28,32)(H,29,33)(H,30,31). The summed E-state index contributed by atoms with van der Waals surface area (Å²) in [4.78, 5) is 37.3. The molecule has 0 aromatic heterocycles. The maximum absolute atomic E-state index is 13.0. The molecule has 0 spiro atoms. The SMILES string of the molecule is COCC(C)(NC(=O)OCC1c2ccccc2-c2ccccc21)C(=O)NCC(CC1CC1)C(=O)O. The molecule has 0 radical (unpaired) electrons. The van der Waals surface area contributed by atoms with Gasteiger partial charge in [-0.05, 0) is 41.5 Å². The first kappa shape index (κ1) is 24.7. The van der Waals surface area contributed by atoms with Crippen LogP contribution in [0.15, 0.2) is 48.5 Å². The van der Waals surface area contributed by atoms with E-state index in [1.807, 2.05) is 36.4 Å². The van der Waals surface area contributed by atoms with Crippen LogP contribution in [0.2, 0.25) is 0 Å². The number of ether oxygens (including phenoxy) is 2. The van der Waals surface area contributed by atoms with E-state index in [4.69, 9.17) is 9.47 Å². The lowest BCUT2D eigenvalue weighted by atomic mass is 9.98. The Morgan fingerprint density at radius 3 is 2.20 bits per heavy atom. The number of carbonyl (C=O) groups excluding carboxylic acids is 2. The third-order valence-corrected chi connectivity index (χ3v) is 6.83. The summed E-state index contributed by atoms with van der Waals surface area (Å²) >= 11 is 0. The lowest BCUT2D eigenvalue weighted by Gasteiger charge is -2.29. The van der Waals surface area contributed by atoms with Crippen LogP contribution in [-0.4, -0.2) is 55.5 Å². The number of hydrogen-bond acceptors (Lipinski definition) is 5. The molecule has 2 aliphatic carbocycles. The zero-order valence-electron chi connectivity index (χ0n) is 20.1. The Hall–Kier alpha value is -3.39. The number of methoxy groups -OCH3 is 1. The molecular weight excluding hydrogens is 448 g/mol. The molecule has 8 heteroatoms. The zero-order valence-corrected chi connectivity index (χ0v) is 20.1. The highest BCUT2D eigenvalue weighted by molar-refractivity contribution is 5.90. The number of rotatable bonds is 11. The van der Waals surface area contributed by atoms with Crippen molar-refractivity contribution in [2.75, 3.05) is 26.9 Å². The van der Waals surface area contributed by atoms with Crippen LogP contribution in [0.25, 0.3) is 11.1 Å². The van der Waals surface area contributed by atoms with Gasteiger partial charge in [-0.25, -0.2) is 4.79 Å². The van der Waals surface area contributed by atoms with E-state index in [1.54, 1.807) is 0 Å². The van der Waals surface area contributed by atoms with Crippen molar-refractivity contribution in [1.82, 2.24) is 10.6 Å². The smallest absolute Gasteiger partial charge is 0.408 e. The second-order valence-corrected chi connectivity index (χ2v) is 9.64. The van der Waals surface area contributed by atoms with Gasteiger partial charge in [-0.1, -0.05) is 61.4 Å². The van der Waals surface area contributed by atoms with Crippen LogP contribution in [0.4, 0.5) is 4.79 Å². The number of fused-ring (bicyclic) bond motifs is 3. The Morgan fingerprint density at radius 2 is 1.66 bits per heavy atom. The second-order valence-electron chi connectivity index (χ2n) is 9.64. The lowest BCUT2D eigenvalue weighted by Crippen LogP contribution is -2.60. The van der Waals surface area contributed by atoms with Gasteiger partial charge in [0, 0.05) is 19.6 Å². The first-order chi connectivity index (χ1) is 16.8. The van der Waals surface area contributed by atoms with Crippen LogP contribution in [0.3, 0.4) is 0 Å². The third kappa shape index (κ3) is 5.65. The fourth-order valence-electron chi connectivity index (χ4n) is 4.75. The highest BCUT2D eigenvalue weighted by Gasteiger charge is 2.38. The van der Waals surface area contributed by atoms with Gasteiger partial charge in [-0.15, -0.1) is 0 Å². The van der Waals surface area contributed by atoms with E-state index in [0.717, 1.165) is 35.1 Å². The van der Waals surface area contributed by atoms with E-state index in [1.165, 1.54) is 14.0 Å². The molecular formula is C27H32N2O6. The Kier molecular flexibility index (Phi) is 7.40. The summed E-state index contributed by atoms with van der Waals surface area (Å²) in [7, 11) is 1.43.